The SMILES string of the molecule is O=C(CNC(c1ccccc1)c1ccccc1)Nc1ccccc1C(=O)c1ccccc1. The zero-order chi connectivity index (χ0) is 22.2. The topological polar surface area (TPSA) is 58.2 Å². The van der Waals surface area contributed by atoms with Crippen LogP contribution in [-0.2, 0) is 4.79 Å². The first kappa shape index (κ1) is 21.2. The second kappa shape index (κ2) is 10.3. The molecular formula is C28H24N2O2. The van der Waals surface area contributed by atoms with Crippen molar-refractivity contribution in [2.75, 3.05) is 11.9 Å². The average Bonchev–Trinajstić information content (AvgIpc) is 2.86. The number of carbonyl (C=O) groups is 2. The van der Waals surface area contributed by atoms with Gasteiger partial charge >= 0.3 is 0 Å². The Morgan fingerprint density at radius 3 is 1.72 bits per heavy atom. The summed E-state index contributed by atoms with van der Waals surface area (Å²) in [5.41, 5.74) is 3.71. The van der Waals surface area contributed by atoms with E-state index >= 15 is 0 Å². The predicted octanol–water partition coefficient (Wildman–Crippen LogP) is 5.24. The van der Waals surface area contributed by atoms with Crippen LogP contribution in [0.15, 0.2) is 115 Å². The number of nitrogens with one attached hydrogen (secondary N) is 2. The third-order valence-electron chi connectivity index (χ3n) is 5.21. The van der Waals surface area contributed by atoms with Crippen molar-refractivity contribution in [3.63, 3.8) is 0 Å². The Bertz CT molecular complexity index is 1140. The van der Waals surface area contributed by atoms with Crippen LogP contribution >= 0.6 is 0 Å². The maximum Gasteiger partial charge on any atom is 0.238 e. The molecule has 158 valence electrons. The highest BCUT2D eigenvalue weighted by Crippen LogP contribution is 2.22. The van der Waals surface area contributed by atoms with E-state index < -0.39 is 0 Å². The van der Waals surface area contributed by atoms with E-state index in [2.05, 4.69) is 10.6 Å². The van der Waals surface area contributed by atoms with Gasteiger partial charge in [-0.05, 0) is 23.3 Å². The molecule has 4 rings (SSSR count). The van der Waals surface area contributed by atoms with Crippen molar-refractivity contribution in [1.29, 1.82) is 0 Å². The number of carbonyl (C=O) groups excluding carboxylic acids is 2. The molecule has 0 bridgehead atoms. The highest BCUT2D eigenvalue weighted by atomic mass is 16.2. The fourth-order valence-electron chi connectivity index (χ4n) is 3.64. The van der Waals surface area contributed by atoms with Gasteiger partial charge in [-0.3, -0.25) is 14.9 Å². The third-order valence-corrected chi connectivity index (χ3v) is 5.21. The summed E-state index contributed by atoms with van der Waals surface area (Å²) >= 11 is 0. The van der Waals surface area contributed by atoms with Gasteiger partial charge in [-0.15, -0.1) is 0 Å². The first-order valence-electron chi connectivity index (χ1n) is 10.5. The lowest BCUT2D eigenvalue weighted by molar-refractivity contribution is -0.115. The molecule has 0 radical (unpaired) electrons. The Hall–Kier alpha value is -4.02. The van der Waals surface area contributed by atoms with E-state index in [1.165, 1.54) is 0 Å². The number of ketones is 1. The summed E-state index contributed by atoms with van der Waals surface area (Å²) in [6.07, 6.45) is 0. The Labute approximate surface area is 187 Å². The number of anilines is 1. The molecule has 0 aliphatic rings. The molecule has 0 heterocycles. The fourth-order valence-corrected chi connectivity index (χ4v) is 3.64. The van der Waals surface area contributed by atoms with Crippen molar-refractivity contribution in [2.45, 2.75) is 6.04 Å². The van der Waals surface area contributed by atoms with Crippen LogP contribution < -0.4 is 10.6 Å². The van der Waals surface area contributed by atoms with Crippen LogP contribution in [0.25, 0.3) is 0 Å². The van der Waals surface area contributed by atoms with Gasteiger partial charge in [0.05, 0.1) is 18.3 Å². The monoisotopic (exact) mass is 420 g/mol. The Morgan fingerprint density at radius 2 is 1.12 bits per heavy atom. The second-order valence-electron chi connectivity index (χ2n) is 7.42. The normalized spacial score (nSPS) is 10.7. The quantitative estimate of drug-likeness (QED) is 0.384. The van der Waals surface area contributed by atoms with Crippen molar-refractivity contribution < 1.29 is 9.59 Å². The van der Waals surface area contributed by atoms with Gasteiger partial charge in [0.15, 0.2) is 5.78 Å². The van der Waals surface area contributed by atoms with Crippen molar-refractivity contribution in [3.05, 3.63) is 138 Å². The average molecular weight is 421 g/mol. The standard InChI is InChI=1S/C28H24N2O2/c31-26(20-29-27(21-12-4-1-5-13-21)22-14-6-2-7-15-22)30-25-19-11-10-18-24(25)28(32)23-16-8-3-9-17-23/h1-19,27,29H,20H2,(H,30,31). The molecule has 0 aliphatic carbocycles. The van der Waals surface area contributed by atoms with E-state index in [0.717, 1.165) is 11.1 Å². The molecule has 0 aromatic heterocycles. The van der Waals surface area contributed by atoms with E-state index in [-0.39, 0.29) is 24.3 Å². The highest BCUT2D eigenvalue weighted by Gasteiger charge is 2.17. The lowest BCUT2D eigenvalue weighted by Crippen LogP contribution is -2.32. The van der Waals surface area contributed by atoms with E-state index in [1.54, 1.807) is 30.3 Å². The van der Waals surface area contributed by atoms with Gasteiger partial charge in [-0.1, -0.05) is 103 Å². The predicted molar refractivity (Wildman–Crippen MR) is 128 cm³/mol. The van der Waals surface area contributed by atoms with Crippen LogP contribution in [0.3, 0.4) is 0 Å². The minimum Gasteiger partial charge on any atom is -0.324 e. The minimum absolute atomic E-state index is 0.0995. The molecule has 4 heteroatoms. The molecular weight excluding hydrogens is 396 g/mol. The minimum atomic E-state index is -0.213. The van der Waals surface area contributed by atoms with Gasteiger partial charge in [-0.2, -0.15) is 0 Å². The molecule has 2 N–H and O–H groups in total. The first-order chi connectivity index (χ1) is 15.7. The van der Waals surface area contributed by atoms with Gasteiger partial charge < -0.3 is 5.32 Å². The molecule has 0 fully saturated rings. The molecule has 0 atom stereocenters. The summed E-state index contributed by atoms with van der Waals surface area (Å²) in [6, 6.07) is 36.1. The van der Waals surface area contributed by atoms with Crippen LogP contribution in [0, 0.1) is 0 Å². The molecule has 0 saturated heterocycles. The second-order valence-corrected chi connectivity index (χ2v) is 7.42. The number of para-hydroxylation sites is 1. The number of rotatable bonds is 8. The van der Waals surface area contributed by atoms with Crippen molar-refractivity contribution in [3.8, 4) is 0 Å². The van der Waals surface area contributed by atoms with Gasteiger partial charge in [0.2, 0.25) is 5.91 Å². The fraction of sp³-hybridized carbons (Fsp3) is 0.0714. The lowest BCUT2D eigenvalue weighted by Gasteiger charge is -2.20. The van der Waals surface area contributed by atoms with E-state index in [4.69, 9.17) is 0 Å². The molecule has 32 heavy (non-hydrogen) atoms. The summed E-state index contributed by atoms with van der Waals surface area (Å²) in [6.45, 7) is 0.0995. The number of benzene rings is 4. The van der Waals surface area contributed by atoms with Crippen LogP contribution in [0.4, 0.5) is 5.69 Å². The van der Waals surface area contributed by atoms with E-state index in [9.17, 15) is 9.59 Å². The van der Waals surface area contributed by atoms with Crippen molar-refractivity contribution in [1.82, 2.24) is 5.32 Å². The number of hydrogen-bond donors (Lipinski definition) is 2. The highest BCUT2D eigenvalue weighted by molar-refractivity contribution is 6.13. The summed E-state index contributed by atoms with van der Waals surface area (Å²) in [7, 11) is 0. The van der Waals surface area contributed by atoms with Gasteiger partial charge in [0, 0.05) is 11.1 Å². The van der Waals surface area contributed by atoms with Crippen LogP contribution in [0.1, 0.15) is 33.1 Å². The maximum absolute atomic E-state index is 12.9. The lowest BCUT2D eigenvalue weighted by atomic mass is 9.99. The maximum atomic E-state index is 12.9. The van der Waals surface area contributed by atoms with E-state index in [0.29, 0.717) is 16.8 Å². The van der Waals surface area contributed by atoms with Crippen LogP contribution in [0.5, 0.6) is 0 Å². The molecule has 0 saturated carbocycles. The molecule has 1 amide bonds. The van der Waals surface area contributed by atoms with E-state index in [1.807, 2.05) is 84.9 Å². The molecule has 4 aromatic rings. The summed E-state index contributed by atoms with van der Waals surface area (Å²) in [5.74, 6) is -0.337. The molecule has 0 unspecified atom stereocenters. The summed E-state index contributed by atoms with van der Waals surface area (Å²) in [4.78, 5) is 25.7. The Kier molecular flexibility index (Phi) is 6.85. The van der Waals surface area contributed by atoms with Gasteiger partial charge in [0.25, 0.3) is 0 Å². The number of hydrogen-bond acceptors (Lipinski definition) is 3. The zero-order valence-electron chi connectivity index (χ0n) is 17.6. The molecule has 0 aliphatic heterocycles. The van der Waals surface area contributed by atoms with Crippen molar-refractivity contribution >= 4 is 17.4 Å². The number of amides is 1. The molecule has 4 nitrogen and oxygen atoms in total. The van der Waals surface area contributed by atoms with Crippen LogP contribution in [0.2, 0.25) is 0 Å². The van der Waals surface area contributed by atoms with Crippen molar-refractivity contribution in [2.24, 2.45) is 0 Å². The van der Waals surface area contributed by atoms with Gasteiger partial charge in [0.1, 0.15) is 0 Å². The smallest absolute Gasteiger partial charge is 0.238 e. The first-order valence-corrected chi connectivity index (χ1v) is 10.5. The Morgan fingerprint density at radius 1 is 0.625 bits per heavy atom. The third kappa shape index (κ3) is 5.17. The molecule has 4 aromatic carbocycles. The summed E-state index contributed by atoms with van der Waals surface area (Å²) < 4.78 is 0. The Balaban J connectivity index is 1.49. The van der Waals surface area contributed by atoms with Gasteiger partial charge in [-0.25, -0.2) is 0 Å². The molecule has 0 spiro atoms. The summed E-state index contributed by atoms with van der Waals surface area (Å²) in [5, 5.41) is 6.25. The zero-order valence-corrected chi connectivity index (χ0v) is 17.6. The van der Waals surface area contributed by atoms with Crippen LogP contribution in [-0.4, -0.2) is 18.2 Å². The largest absolute Gasteiger partial charge is 0.324 e.